The fourth-order valence-electron chi connectivity index (χ4n) is 2.17. The molecule has 0 radical (unpaired) electrons. The van der Waals surface area contributed by atoms with Crippen LogP contribution in [0.2, 0.25) is 5.02 Å². The van der Waals surface area contributed by atoms with Crippen molar-refractivity contribution in [1.82, 2.24) is 10.3 Å². The Kier molecular flexibility index (Phi) is 4.91. The Morgan fingerprint density at radius 3 is 2.86 bits per heavy atom. The third kappa shape index (κ3) is 4.22. The van der Waals surface area contributed by atoms with Gasteiger partial charge in [0.05, 0.1) is 0 Å². The van der Waals surface area contributed by atoms with Gasteiger partial charge in [0.25, 0.3) is 5.91 Å². The molecular formula is C16H21ClN2O2. The molecule has 1 aromatic carbocycles. The van der Waals surface area contributed by atoms with Gasteiger partial charge in [0.2, 0.25) is 0 Å². The molecule has 0 aliphatic heterocycles. The summed E-state index contributed by atoms with van der Waals surface area (Å²) >= 11 is 5.93. The van der Waals surface area contributed by atoms with Gasteiger partial charge >= 0.3 is 0 Å². The molecule has 0 saturated heterocycles. The van der Waals surface area contributed by atoms with E-state index in [4.69, 9.17) is 11.6 Å². The predicted molar refractivity (Wildman–Crippen MR) is 85.7 cm³/mol. The van der Waals surface area contributed by atoms with Crippen LogP contribution in [0, 0.1) is 5.41 Å². The summed E-state index contributed by atoms with van der Waals surface area (Å²) in [5, 5.41) is 13.6. The van der Waals surface area contributed by atoms with Crippen LogP contribution in [0.25, 0.3) is 10.9 Å². The van der Waals surface area contributed by atoms with E-state index in [1.54, 1.807) is 12.1 Å². The van der Waals surface area contributed by atoms with Crippen molar-refractivity contribution in [3.05, 3.63) is 35.0 Å². The van der Waals surface area contributed by atoms with E-state index in [1.807, 2.05) is 26.0 Å². The number of aliphatic hydroxyl groups is 1. The van der Waals surface area contributed by atoms with Crippen LogP contribution in [0.3, 0.4) is 0 Å². The number of hydrogen-bond donors (Lipinski definition) is 3. The number of halogens is 1. The van der Waals surface area contributed by atoms with Crippen LogP contribution >= 0.6 is 11.6 Å². The number of rotatable bonds is 6. The third-order valence-corrected chi connectivity index (χ3v) is 3.81. The number of benzene rings is 1. The largest absolute Gasteiger partial charge is 0.396 e. The molecule has 3 N–H and O–H groups in total. The molecule has 1 aromatic heterocycles. The molecule has 0 atom stereocenters. The summed E-state index contributed by atoms with van der Waals surface area (Å²) in [4.78, 5) is 15.1. The van der Waals surface area contributed by atoms with Crippen molar-refractivity contribution in [3.63, 3.8) is 0 Å². The van der Waals surface area contributed by atoms with E-state index >= 15 is 0 Å². The first-order chi connectivity index (χ1) is 9.91. The highest BCUT2D eigenvalue weighted by atomic mass is 35.5. The molecule has 2 rings (SSSR count). The van der Waals surface area contributed by atoms with Gasteiger partial charge in [-0.25, -0.2) is 0 Å². The molecule has 21 heavy (non-hydrogen) atoms. The van der Waals surface area contributed by atoms with Gasteiger partial charge < -0.3 is 15.4 Å². The maximum Gasteiger partial charge on any atom is 0.267 e. The average molecular weight is 309 g/mol. The lowest BCUT2D eigenvalue weighted by atomic mass is 9.89. The molecule has 4 nitrogen and oxygen atoms in total. The zero-order valence-corrected chi connectivity index (χ0v) is 13.1. The molecule has 114 valence electrons. The van der Waals surface area contributed by atoms with E-state index in [9.17, 15) is 9.90 Å². The van der Waals surface area contributed by atoms with Crippen molar-refractivity contribution >= 4 is 28.4 Å². The first kappa shape index (κ1) is 15.9. The minimum atomic E-state index is -0.121. The highest BCUT2D eigenvalue weighted by Crippen LogP contribution is 2.21. The van der Waals surface area contributed by atoms with Crippen molar-refractivity contribution < 1.29 is 9.90 Å². The van der Waals surface area contributed by atoms with E-state index in [2.05, 4.69) is 10.3 Å². The van der Waals surface area contributed by atoms with Crippen LogP contribution in [0.4, 0.5) is 0 Å². The average Bonchev–Trinajstić information content (AvgIpc) is 2.86. The summed E-state index contributed by atoms with van der Waals surface area (Å²) in [7, 11) is 0. The van der Waals surface area contributed by atoms with Gasteiger partial charge in [-0.05, 0) is 42.5 Å². The van der Waals surface area contributed by atoms with Gasteiger partial charge in [-0.3, -0.25) is 4.79 Å². The number of amides is 1. The molecule has 1 heterocycles. The number of aromatic nitrogens is 1. The Morgan fingerprint density at radius 2 is 2.14 bits per heavy atom. The first-order valence-corrected chi connectivity index (χ1v) is 7.46. The Labute approximate surface area is 129 Å². The zero-order chi connectivity index (χ0) is 15.5. The van der Waals surface area contributed by atoms with Crippen LogP contribution in [0.15, 0.2) is 24.3 Å². The van der Waals surface area contributed by atoms with Gasteiger partial charge in [-0.2, -0.15) is 0 Å². The lowest BCUT2D eigenvalue weighted by Crippen LogP contribution is -2.26. The number of carbonyl (C=O) groups excluding carboxylic acids is 1. The van der Waals surface area contributed by atoms with Crippen LogP contribution < -0.4 is 5.32 Å². The van der Waals surface area contributed by atoms with E-state index in [1.165, 1.54) is 0 Å². The van der Waals surface area contributed by atoms with Crippen LogP contribution in [0.5, 0.6) is 0 Å². The highest BCUT2D eigenvalue weighted by molar-refractivity contribution is 6.31. The van der Waals surface area contributed by atoms with Crippen LogP contribution in [-0.2, 0) is 0 Å². The number of nitrogens with one attached hydrogen (secondary N) is 2. The minimum Gasteiger partial charge on any atom is -0.396 e. The number of fused-ring (bicyclic) bond motifs is 1. The van der Waals surface area contributed by atoms with E-state index < -0.39 is 0 Å². The molecule has 0 bridgehead atoms. The highest BCUT2D eigenvalue weighted by Gasteiger charge is 2.16. The molecule has 0 spiro atoms. The van der Waals surface area contributed by atoms with Crippen molar-refractivity contribution in [2.24, 2.45) is 5.41 Å². The van der Waals surface area contributed by atoms with Gasteiger partial charge in [0.15, 0.2) is 0 Å². The number of hydrogen-bond acceptors (Lipinski definition) is 2. The first-order valence-electron chi connectivity index (χ1n) is 7.09. The third-order valence-electron chi connectivity index (χ3n) is 3.57. The molecule has 0 saturated carbocycles. The zero-order valence-electron chi connectivity index (χ0n) is 12.4. The van der Waals surface area contributed by atoms with E-state index in [0.29, 0.717) is 17.3 Å². The Hall–Kier alpha value is -1.52. The number of carbonyl (C=O) groups is 1. The number of aromatic amines is 1. The molecule has 0 aliphatic carbocycles. The van der Waals surface area contributed by atoms with Gasteiger partial charge in [-0.1, -0.05) is 25.4 Å². The molecule has 0 fully saturated rings. The van der Waals surface area contributed by atoms with Gasteiger partial charge in [-0.15, -0.1) is 0 Å². The monoisotopic (exact) mass is 308 g/mol. The fraction of sp³-hybridized carbons (Fsp3) is 0.438. The second kappa shape index (κ2) is 6.50. The summed E-state index contributed by atoms with van der Waals surface area (Å²) in [5.74, 6) is -0.121. The molecular weight excluding hydrogens is 288 g/mol. The minimum absolute atomic E-state index is 0.0947. The fourth-order valence-corrected chi connectivity index (χ4v) is 2.35. The maximum absolute atomic E-state index is 12.1. The van der Waals surface area contributed by atoms with Gasteiger partial charge in [0.1, 0.15) is 5.69 Å². The quantitative estimate of drug-likeness (QED) is 0.717. The molecule has 0 unspecified atom stereocenters. The normalized spacial score (nSPS) is 11.8. The lowest BCUT2D eigenvalue weighted by Gasteiger charge is -2.21. The molecule has 1 amide bonds. The van der Waals surface area contributed by atoms with Crippen LogP contribution in [-0.4, -0.2) is 29.1 Å². The Morgan fingerprint density at radius 1 is 1.38 bits per heavy atom. The molecule has 0 aliphatic rings. The van der Waals surface area contributed by atoms with Crippen molar-refractivity contribution in [2.45, 2.75) is 26.7 Å². The molecule has 2 aromatic rings. The topological polar surface area (TPSA) is 65.1 Å². The number of H-pyrrole nitrogens is 1. The van der Waals surface area contributed by atoms with Crippen molar-refractivity contribution in [1.29, 1.82) is 0 Å². The maximum atomic E-state index is 12.1. The summed E-state index contributed by atoms with van der Waals surface area (Å²) in [6, 6.07) is 7.28. The second-order valence-electron chi connectivity index (χ2n) is 6.10. The standard InChI is InChI=1S/C16H21ClN2O2/c1-16(2,10-20)6-3-7-18-15(21)14-9-11-8-12(17)4-5-13(11)19-14/h4-5,8-9,19-20H,3,6-7,10H2,1-2H3,(H,18,21). The van der Waals surface area contributed by atoms with Crippen LogP contribution in [0.1, 0.15) is 37.2 Å². The Balaban J connectivity index is 1.90. The summed E-state index contributed by atoms with van der Waals surface area (Å²) in [5.41, 5.74) is 1.34. The molecule has 5 heteroatoms. The lowest BCUT2D eigenvalue weighted by molar-refractivity contribution is 0.0944. The second-order valence-corrected chi connectivity index (χ2v) is 6.53. The Bertz CT molecular complexity index is 634. The SMILES string of the molecule is CC(C)(CO)CCCNC(=O)c1cc2cc(Cl)ccc2[nH]1. The van der Waals surface area contributed by atoms with Crippen molar-refractivity contribution in [2.75, 3.05) is 13.2 Å². The summed E-state index contributed by atoms with van der Waals surface area (Å²) in [6.45, 7) is 4.77. The smallest absolute Gasteiger partial charge is 0.267 e. The van der Waals surface area contributed by atoms with Gasteiger partial charge in [0, 0.05) is 29.1 Å². The predicted octanol–water partition coefficient (Wildman–Crippen LogP) is 3.35. The van der Waals surface area contributed by atoms with E-state index in [0.717, 1.165) is 23.7 Å². The number of aliphatic hydroxyl groups excluding tert-OH is 1. The van der Waals surface area contributed by atoms with Crippen molar-refractivity contribution in [3.8, 4) is 0 Å². The summed E-state index contributed by atoms with van der Waals surface area (Å²) in [6.07, 6.45) is 1.71. The summed E-state index contributed by atoms with van der Waals surface area (Å²) < 4.78 is 0. The van der Waals surface area contributed by atoms with E-state index in [-0.39, 0.29) is 17.9 Å².